The number of rotatable bonds is 4. The molecule has 1 aliphatic heterocycles. The van der Waals surface area contributed by atoms with E-state index < -0.39 is 30.7 Å². The third kappa shape index (κ3) is 4.13. The van der Waals surface area contributed by atoms with Gasteiger partial charge in [0, 0.05) is 6.54 Å². The Morgan fingerprint density at radius 2 is 1.89 bits per heavy atom. The largest absolute Gasteiger partial charge is 0.481 e. The Labute approximate surface area is 103 Å². The van der Waals surface area contributed by atoms with Crippen molar-refractivity contribution in [2.45, 2.75) is 32.0 Å². The van der Waals surface area contributed by atoms with E-state index in [2.05, 4.69) is 0 Å². The van der Waals surface area contributed by atoms with E-state index in [1.165, 1.54) is 4.90 Å². The second-order valence-corrected chi connectivity index (χ2v) is 4.81. The van der Waals surface area contributed by atoms with Crippen molar-refractivity contribution in [2.24, 2.45) is 11.8 Å². The molecule has 0 bridgehead atoms. The van der Waals surface area contributed by atoms with E-state index >= 15 is 0 Å². The molecule has 1 fully saturated rings. The number of halogens is 3. The van der Waals surface area contributed by atoms with Gasteiger partial charge in [0.25, 0.3) is 0 Å². The maximum absolute atomic E-state index is 12.5. The first-order valence-electron chi connectivity index (χ1n) is 5.91. The van der Waals surface area contributed by atoms with Gasteiger partial charge in [0.1, 0.15) is 0 Å². The van der Waals surface area contributed by atoms with Crippen LogP contribution < -0.4 is 0 Å². The van der Waals surface area contributed by atoms with E-state index in [0.29, 0.717) is 25.9 Å². The van der Waals surface area contributed by atoms with Gasteiger partial charge in [-0.25, -0.2) is 0 Å². The lowest BCUT2D eigenvalue weighted by atomic mass is 9.91. The highest BCUT2D eigenvalue weighted by molar-refractivity contribution is 5.71. The van der Waals surface area contributed by atoms with Gasteiger partial charge in [-0.1, -0.05) is 0 Å². The number of carbonyl (C=O) groups is 1. The molecule has 0 spiro atoms. The van der Waals surface area contributed by atoms with Crippen molar-refractivity contribution >= 4 is 5.97 Å². The number of hydrogen-bond donors (Lipinski definition) is 2. The predicted molar refractivity (Wildman–Crippen MR) is 58.0 cm³/mol. The van der Waals surface area contributed by atoms with Crippen LogP contribution in [0.25, 0.3) is 0 Å². The quantitative estimate of drug-likeness (QED) is 0.808. The molecule has 1 rings (SSSR count). The average Bonchev–Trinajstić information content (AvgIpc) is 2.24. The van der Waals surface area contributed by atoms with Crippen LogP contribution in [-0.4, -0.2) is 53.0 Å². The molecule has 0 radical (unpaired) electrons. The molecule has 0 aromatic carbocycles. The van der Waals surface area contributed by atoms with Crippen LogP contribution in [0.15, 0.2) is 0 Å². The fourth-order valence-corrected chi connectivity index (χ4v) is 2.20. The zero-order valence-corrected chi connectivity index (χ0v) is 10.2. The number of carboxylic acid groups (broad SMARTS) is 1. The molecule has 1 heterocycles. The third-order valence-electron chi connectivity index (χ3n) is 3.45. The zero-order chi connectivity index (χ0) is 13.9. The van der Waals surface area contributed by atoms with E-state index in [1.807, 2.05) is 0 Å². The minimum atomic E-state index is -4.72. The van der Waals surface area contributed by atoms with Gasteiger partial charge in [0.15, 0.2) is 5.92 Å². The Bertz CT molecular complexity index is 286. The van der Waals surface area contributed by atoms with Gasteiger partial charge >= 0.3 is 12.1 Å². The van der Waals surface area contributed by atoms with Crippen molar-refractivity contribution in [2.75, 3.05) is 19.6 Å². The van der Waals surface area contributed by atoms with Crippen molar-refractivity contribution < 1.29 is 28.2 Å². The summed E-state index contributed by atoms with van der Waals surface area (Å²) in [6.07, 6.45) is -3.98. The molecule has 0 aromatic rings. The smallest absolute Gasteiger partial charge is 0.403 e. The number of piperidine rings is 1. The summed E-state index contributed by atoms with van der Waals surface area (Å²) >= 11 is 0. The lowest BCUT2D eigenvalue weighted by Crippen LogP contribution is -2.45. The number of aliphatic hydroxyl groups is 1. The molecule has 0 saturated carbocycles. The van der Waals surface area contributed by atoms with Gasteiger partial charge in [-0.2, -0.15) is 13.2 Å². The number of carboxylic acids is 1. The van der Waals surface area contributed by atoms with Crippen LogP contribution in [0.1, 0.15) is 19.8 Å². The number of likely N-dealkylation sites (tertiary alicyclic amines) is 1. The SMILES string of the molecule is CC(O)C1CCN(CC(C(=O)O)C(F)(F)F)CC1. The molecule has 0 aromatic heterocycles. The highest BCUT2D eigenvalue weighted by atomic mass is 19.4. The number of hydrogen-bond acceptors (Lipinski definition) is 3. The topological polar surface area (TPSA) is 60.8 Å². The molecule has 1 saturated heterocycles. The Morgan fingerprint density at radius 1 is 1.39 bits per heavy atom. The molecule has 4 nitrogen and oxygen atoms in total. The summed E-state index contributed by atoms with van der Waals surface area (Å²) in [4.78, 5) is 12.1. The van der Waals surface area contributed by atoms with Crippen LogP contribution in [0, 0.1) is 11.8 Å². The van der Waals surface area contributed by atoms with E-state index in [4.69, 9.17) is 5.11 Å². The Balaban J connectivity index is 2.51. The van der Waals surface area contributed by atoms with Crippen molar-refractivity contribution in [3.05, 3.63) is 0 Å². The maximum atomic E-state index is 12.5. The molecule has 106 valence electrons. The number of nitrogens with zero attached hydrogens (tertiary/aromatic N) is 1. The van der Waals surface area contributed by atoms with Gasteiger partial charge in [-0.05, 0) is 38.8 Å². The molecule has 1 aliphatic rings. The summed E-state index contributed by atoms with van der Waals surface area (Å²) in [5.41, 5.74) is 0. The molecule has 0 aliphatic carbocycles. The summed E-state index contributed by atoms with van der Waals surface area (Å²) in [7, 11) is 0. The normalized spacial score (nSPS) is 22.7. The van der Waals surface area contributed by atoms with Gasteiger partial charge in [-0.3, -0.25) is 4.79 Å². The molecule has 7 heteroatoms. The van der Waals surface area contributed by atoms with Gasteiger partial charge in [-0.15, -0.1) is 0 Å². The molecular weight excluding hydrogens is 251 g/mol. The highest BCUT2D eigenvalue weighted by Gasteiger charge is 2.46. The van der Waals surface area contributed by atoms with E-state index in [1.54, 1.807) is 6.92 Å². The molecule has 0 amide bonds. The van der Waals surface area contributed by atoms with Crippen LogP contribution in [0.3, 0.4) is 0 Å². The van der Waals surface area contributed by atoms with Crippen LogP contribution in [0.4, 0.5) is 13.2 Å². The summed E-state index contributed by atoms with van der Waals surface area (Å²) < 4.78 is 37.4. The average molecular weight is 269 g/mol. The summed E-state index contributed by atoms with van der Waals surface area (Å²) in [5.74, 6) is -4.07. The molecule has 2 N–H and O–H groups in total. The number of alkyl halides is 3. The molecular formula is C11H18F3NO3. The monoisotopic (exact) mass is 269 g/mol. The predicted octanol–water partition coefficient (Wildman–Crippen LogP) is 1.34. The first kappa shape index (κ1) is 15.2. The fourth-order valence-electron chi connectivity index (χ4n) is 2.20. The van der Waals surface area contributed by atoms with Gasteiger partial charge < -0.3 is 15.1 Å². The Morgan fingerprint density at radius 3 is 2.22 bits per heavy atom. The van der Waals surface area contributed by atoms with Crippen LogP contribution in [0.5, 0.6) is 0 Å². The van der Waals surface area contributed by atoms with Crippen LogP contribution in [0.2, 0.25) is 0 Å². The van der Waals surface area contributed by atoms with E-state index in [0.717, 1.165) is 0 Å². The Kier molecular flexibility index (Phi) is 4.98. The number of aliphatic hydroxyl groups excluding tert-OH is 1. The van der Waals surface area contributed by atoms with Crippen LogP contribution >= 0.6 is 0 Å². The lowest BCUT2D eigenvalue weighted by molar-refractivity contribution is -0.197. The van der Waals surface area contributed by atoms with E-state index in [9.17, 15) is 23.1 Å². The molecule has 18 heavy (non-hydrogen) atoms. The second kappa shape index (κ2) is 5.88. The summed E-state index contributed by atoms with van der Waals surface area (Å²) in [5, 5.41) is 18.0. The van der Waals surface area contributed by atoms with Gasteiger partial charge in [0.2, 0.25) is 0 Å². The van der Waals surface area contributed by atoms with Crippen molar-refractivity contribution in [3.63, 3.8) is 0 Å². The van der Waals surface area contributed by atoms with Crippen molar-refractivity contribution in [1.82, 2.24) is 4.90 Å². The van der Waals surface area contributed by atoms with Crippen molar-refractivity contribution in [1.29, 1.82) is 0 Å². The molecule has 2 unspecified atom stereocenters. The maximum Gasteiger partial charge on any atom is 0.403 e. The first-order chi connectivity index (χ1) is 8.21. The molecule has 2 atom stereocenters. The lowest BCUT2D eigenvalue weighted by Gasteiger charge is -2.34. The number of aliphatic carboxylic acids is 1. The van der Waals surface area contributed by atoms with Crippen molar-refractivity contribution in [3.8, 4) is 0 Å². The van der Waals surface area contributed by atoms with Gasteiger partial charge in [0.05, 0.1) is 6.10 Å². The minimum absolute atomic E-state index is 0.0930. The standard InChI is InChI=1S/C11H18F3NO3/c1-7(16)8-2-4-15(5-3-8)6-9(10(17)18)11(12,13)14/h7-9,16H,2-6H2,1H3,(H,17,18). The first-order valence-corrected chi connectivity index (χ1v) is 5.91. The minimum Gasteiger partial charge on any atom is -0.481 e. The Hall–Kier alpha value is -0.820. The third-order valence-corrected chi connectivity index (χ3v) is 3.45. The zero-order valence-electron chi connectivity index (χ0n) is 10.2. The second-order valence-electron chi connectivity index (χ2n) is 4.81. The fraction of sp³-hybridized carbons (Fsp3) is 0.909. The van der Waals surface area contributed by atoms with E-state index in [-0.39, 0.29) is 5.92 Å². The highest BCUT2D eigenvalue weighted by Crippen LogP contribution is 2.29. The summed E-state index contributed by atoms with van der Waals surface area (Å²) in [6, 6.07) is 0. The van der Waals surface area contributed by atoms with Crippen LogP contribution in [-0.2, 0) is 4.79 Å². The summed E-state index contributed by atoms with van der Waals surface area (Å²) in [6.45, 7) is 1.95.